The van der Waals surface area contributed by atoms with Crippen LogP contribution in [0, 0.1) is 0 Å². The van der Waals surface area contributed by atoms with Gasteiger partial charge in [0.25, 0.3) is 5.91 Å². The fourth-order valence-corrected chi connectivity index (χ4v) is 3.37. The Kier molecular flexibility index (Phi) is 4.17. The SMILES string of the molecule is O=C(NC1CC1)c1cc(SCc2ccccn2)nc2ccccc12. The van der Waals surface area contributed by atoms with Crippen molar-refractivity contribution in [2.24, 2.45) is 0 Å². The number of benzene rings is 1. The second-order valence-electron chi connectivity index (χ2n) is 5.88. The van der Waals surface area contributed by atoms with E-state index in [1.807, 2.05) is 48.5 Å². The number of para-hydroxylation sites is 1. The van der Waals surface area contributed by atoms with Gasteiger partial charge in [-0.25, -0.2) is 4.98 Å². The topological polar surface area (TPSA) is 54.9 Å². The predicted octanol–water partition coefficient (Wildman–Crippen LogP) is 3.81. The standard InChI is InChI=1S/C19H17N3OS/c23-19(21-13-8-9-13)16-11-18(22-17-7-2-1-6-15(16)17)24-12-14-5-3-4-10-20-14/h1-7,10-11,13H,8-9,12H2,(H,21,23). The molecule has 1 aromatic carbocycles. The highest BCUT2D eigenvalue weighted by Gasteiger charge is 2.25. The van der Waals surface area contributed by atoms with Crippen molar-refractivity contribution in [1.29, 1.82) is 0 Å². The maximum absolute atomic E-state index is 12.6. The van der Waals surface area contributed by atoms with Gasteiger partial charge in [-0.2, -0.15) is 0 Å². The first kappa shape index (κ1) is 15.1. The largest absolute Gasteiger partial charge is 0.349 e. The van der Waals surface area contributed by atoms with Crippen LogP contribution in [-0.2, 0) is 5.75 Å². The fourth-order valence-electron chi connectivity index (χ4n) is 2.54. The van der Waals surface area contributed by atoms with E-state index in [1.54, 1.807) is 18.0 Å². The lowest BCUT2D eigenvalue weighted by molar-refractivity contribution is 0.0952. The number of carbonyl (C=O) groups excluding carboxylic acids is 1. The molecule has 1 saturated carbocycles. The van der Waals surface area contributed by atoms with E-state index in [2.05, 4.69) is 15.3 Å². The summed E-state index contributed by atoms with van der Waals surface area (Å²) in [6.45, 7) is 0. The number of aromatic nitrogens is 2. The zero-order valence-electron chi connectivity index (χ0n) is 13.1. The lowest BCUT2D eigenvalue weighted by atomic mass is 10.1. The third kappa shape index (κ3) is 3.41. The molecule has 0 unspecified atom stereocenters. The van der Waals surface area contributed by atoms with E-state index in [4.69, 9.17) is 0 Å². The van der Waals surface area contributed by atoms with Crippen LogP contribution in [0.4, 0.5) is 0 Å². The summed E-state index contributed by atoms with van der Waals surface area (Å²) in [6.07, 6.45) is 3.95. The van der Waals surface area contributed by atoms with Gasteiger partial charge in [0.1, 0.15) is 0 Å². The monoisotopic (exact) mass is 335 g/mol. The number of hydrogen-bond donors (Lipinski definition) is 1. The molecule has 0 atom stereocenters. The van der Waals surface area contributed by atoms with Crippen molar-refractivity contribution in [3.63, 3.8) is 0 Å². The van der Waals surface area contributed by atoms with Crippen LogP contribution in [0.5, 0.6) is 0 Å². The predicted molar refractivity (Wildman–Crippen MR) is 96.0 cm³/mol. The number of hydrogen-bond acceptors (Lipinski definition) is 4. The van der Waals surface area contributed by atoms with Crippen molar-refractivity contribution in [3.8, 4) is 0 Å². The molecule has 0 aliphatic heterocycles. The number of rotatable bonds is 5. The van der Waals surface area contributed by atoms with E-state index < -0.39 is 0 Å². The summed E-state index contributed by atoms with van der Waals surface area (Å²) in [5.41, 5.74) is 2.56. The van der Waals surface area contributed by atoms with E-state index in [9.17, 15) is 4.79 Å². The molecule has 0 saturated heterocycles. The zero-order valence-corrected chi connectivity index (χ0v) is 13.9. The maximum atomic E-state index is 12.6. The molecule has 1 amide bonds. The minimum absolute atomic E-state index is 0.00390. The number of amides is 1. The van der Waals surface area contributed by atoms with Crippen LogP contribution in [0.1, 0.15) is 28.9 Å². The van der Waals surface area contributed by atoms with Gasteiger partial charge in [0, 0.05) is 23.4 Å². The van der Waals surface area contributed by atoms with Crippen molar-refractivity contribution in [3.05, 3.63) is 66.0 Å². The van der Waals surface area contributed by atoms with Crippen LogP contribution in [0.2, 0.25) is 0 Å². The highest BCUT2D eigenvalue weighted by atomic mass is 32.2. The second-order valence-corrected chi connectivity index (χ2v) is 6.88. The number of pyridine rings is 2. The van der Waals surface area contributed by atoms with Crippen LogP contribution in [0.15, 0.2) is 59.8 Å². The van der Waals surface area contributed by atoms with Gasteiger partial charge < -0.3 is 5.32 Å². The van der Waals surface area contributed by atoms with Gasteiger partial charge in [-0.1, -0.05) is 36.0 Å². The van der Waals surface area contributed by atoms with Crippen molar-refractivity contribution in [2.45, 2.75) is 29.7 Å². The van der Waals surface area contributed by atoms with Crippen molar-refractivity contribution in [1.82, 2.24) is 15.3 Å². The van der Waals surface area contributed by atoms with Crippen molar-refractivity contribution < 1.29 is 4.79 Å². The lowest BCUT2D eigenvalue weighted by Gasteiger charge is -2.09. The van der Waals surface area contributed by atoms with Gasteiger partial charge in [0.15, 0.2) is 0 Å². The lowest BCUT2D eigenvalue weighted by Crippen LogP contribution is -2.25. The Morgan fingerprint density at radius 1 is 1.17 bits per heavy atom. The van der Waals surface area contributed by atoms with Crippen LogP contribution in [-0.4, -0.2) is 21.9 Å². The molecule has 5 heteroatoms. The fraction of sp³-hybridized carbons (Fsp3) is 0.211. The Hall–Kier alpha value is -2.40. The van der Waals surface area contributed by atoms with E-state index >= 15 is 0 Å². The van der Waals surface area contributed by atoms with Crippen molar-refractivity contribution >= 4 is 28.6 Å². The molecule has 0 radical (unpaired) electrons. The normalized spacial score (nSPS) is 13.8. The average Bonchev–Trinajstić information content (AvgIpc) is 3.44. The van der Waals surface area contributed by atoms with Gasteiger partial charge in [-0.05, 0) is 37.1 Å². The molecule has 1 aliphatic carbocycles. The van der Waals surface area contributed by atoms with Gasteiger partial charge in [-0.15, -0.1) is 0 Å². The summed E-state index contributed by atoms with van der Waals surface area (Å²) in [5, 5.41) is 4.82. The smallest absolute Gasteiger partial charge is 0.252 e. The molecule has 1 fully saturated rings. The number of nitrogens with one attached hydrogen (secondary N) is 1. The quantitative estimate of drug-likeness (QED) is 0.720. The summed E-state index contributed by atoms with van der Waals surface area (Å²) >= 11 is 1.60. The Balaban J connectivity index is 1.64. The molecule has 1 aliphatic rings. The maximum Gasteiger partial charge on any atom is 0.252 e. The molecule has 2 heterocycles. The van der Waals surface area contributed by atoms with E-state index in [0.29, 0.717) is 11.6 Å². The number of thioether (sulfide) groups is 1. The Bertz CT molecular complexity index is 878. The Labute approximate surface area is 144 Å². The Morgan fingerprint density at radius 3 is 2.79 bits per heavy atom. The molecule has 1 N–H and O–H groups in total. The first-order valence-electron chi connectivity index (χ1n) is 8.03. The zero-order chi connectivity index (χ0) is 16.4. The summed E-state index contributed by atoms with van der Waals surface area (Å²) in [7, 11) is 0. The molecule has 4 nitrogen and oxygen atoms in total. The molecule has 3 aromatic rings. The number of nitrogens with zero attached hydrogens (tertiary/aromatic N) is 2. The van der Waals surface area contributed by atoms with Crippen LogP contribution >= 0.6 is 11.8 Å². The number of carbonyl (C=O) groups is 1. The van der Waals surface area contributed by atoms with Crippen LogP contribution in [0.3, 0.4) is 0 Å². The molecule has 0 spiro atoms. The molecular weight excluding hydrogens is 318 g/mol. The molecular formula is C19H17N3OS. The summed E-state index contributed by atoms with van der Waals surface area (Å²) in [5.74, 6) is 0.728. The van der Waals surface area contributed by atoms with E-state index in [-0.39, 0.29) is 5.91 Å². The van der Waals surface area contributed by atoms with Gasteiger partial charge in [-0.3, -0.25) is 9.78 Å². The summed E-state index contributed by atoms with van der Waals surface area (Å²) in [6, 6.07) is 15.9. The number of fused-ring (bicyclic) bond motifs is 1. The molecule has 120 valence electrons. The summed E-state index contributed by atoms with van der Waals surface area (Å²) < 4.78 is 0. The average molecular weight is 335 g/mol. The second kappa shape index (κ2) is 6.61. The Morgan fingerprint density at radius 2 is 2.00 bits per heavy atom. The third-order valence-corrected chi connectivity index (χ3v) is 4.89. The summed E-state index contributed by atoms with van der Waals surface area (Å²) in [4.78, 5) is 21.6. The highest BCUT2D eigenvalue weighted by Crippen LogP contribution is 2.27. The minimum Gasteiger partial charge on any atom is -0.349 e. The van der Waals surface area contributed by atoms with Gasteiger partial charge in [0.2, 0.25) is 0 Å². The van der Waals surface area contributed by atoms with E-state index in [0.717, 1.165) is 40.2 Å². The van der Waals surface area contributed by atoms with Crippen molar-refractivity contribution in [2.75, 3.05) is 0 Å². The van der Waals surface area contributed by atoms with E-state index in [1.165, 1.54) is 0 Å². The van der Waals surface area contributed by atoms with Gasteiger partial charge in [0.05, 0.1) is 21.8 Å². The highest BCUT2D eigenvalue weighted by molar-refractivity contribution is 7.98. The molecule has 4 rings (SSSR count). The molecule has 24 heavy (non-hydrogen) atoms. The first-order chi connectivity index (χ1) is 11.8. The first-order valence-corrected chi connectivity index (χ1v) is 9.01. The van der Waals surface area contributed by atoms with Crippen LogP contribution < -0.4 is 5.32 Å². The molecule has 2 aromatic heterocycles. The minimum atomic E-state index is -0.00390. The van der Waals surface area contributed by atoms with Crippen LogP contribution in [0.25, 0.3) is 10.9 Å². The third-order valence-electron chi connectivity index (χ3n) is 3.94. The molecule has 0 bridgehead atoms. The van der Waals surface area contributed by atoms with Gasteiger partial charge >= 0.3 is 0 Å².